The fourth-order valence-corrected chi connectivity index (χ4v) is 4.61. The summed E-state index contributed by atoms with van der Waals surface area (Å²) in [4.78, 5) is 12.7. The second kappa shape index (κ2) is 6.67. The zero-order chi connectivity index (χ0) is 20.0. The van der Waals surface area contributed by atoms with Gasteiger partial charge < -0.3 is 9.88 Å². The molecule has 0 bridgehead atoms. The first-order chi connectivity index (χ1) is 12.4. The molecule has 1 fully saturated rings. The van der Waals surface area contributed by atoms with Crippen LogP contribution in [-0.2, 0) is 15.6 Å². The van der Waals surface area contributed by atoms with Crippen LogP contribution in [0.3, 0.4) is 0 Å². The van der Waals surface area contributed by atoms with Crippen LogP contribution in [0, 0.1) is 16.7 Å². The Hall–Kier alpha value is -1.79. The minimum atomic E-state index is -3.91. The SMILES string of the molecule is CC1(C)C(CNC(=O)c2cc(S(=O)(=O)Cl)cn2Cc2ccccc2)C1(C)C. The van der Waals surface area contributed by atoms with Crippen LogP contribution < -0.4 is 5.32 Å². The van der Waals surface area contributed by atoms with E-state index < -0.39 is 9.05 Å². The molecule has 1 aliphatic rings. The molecular formula is C20H25ClN2O3S. The fraction of sp³-hybridized carbons (Fsp3) is 0.450. The van der Waals surface area contributed by atoms with Crippen molar-refractivity contribution in [2.45, 2.75) is 39.1 Å². The number of rotatable bonds is 6. The highest BCUT2D eigenvalue weighted by atomic mass is 35.7. The first-order valence-corrected chi connectivity index (χ1v) is 11.2. The maximum atomic E-state index is 12.8. The van der Waals surface area contributed by atoms with Gasteiger partial charge in [0.25, 0.3) is 15.0 Å². The molecule has 146 valence electrons. The Morgan fingerprint density at radius 1 is 1.15 bits per heavy atom. The standard InChI is InChI=1S/C20H25ClN2O3S/c1-19(2)17(20(19,3)4)11-22-18(24)16-10-15(27(21,25)26)13-23(16)12-14-8-6-5-7-9-14/h5-10,13,17H,11-12H2,1-4H3,(H,22,24). The van der Waals surface area contributed by atoms with Crippen molar-refractivity contribution in [1.29, 1.82) is 0 Å². The van der Waals surface area contributed by atoms with Crippen molar-refractivity contribution >= 4 is 25.6 Å². The van der Waals surface area contributed by atoms with Gasteiger partial charge in [0, 0.05) is 30.0 Å². The van der Waals surface area contributed by atoms with Gasteiger partial charge in [0.2, 0.25) is 0 Å². The normalized spacial score (nSPS) is 18.3. The summed E-state index contributed by atoms with van der Waals surface area (Å²) in [6, 6.07) is 10.9. The number of halogens is 1. The first-order valence-electron chi connectivity index (χ1n) is 8.91. The van der Waals surface area contributed by atoms with Gasteiger partial charge >= 0.3 is 0 Å². The lowest BCUT2D eigenvalue weighted by Crippen LogP contribution is -2.29. The van der Waals surface area contributed by atoms with Gasteiger partial charge in [-0.25, -0.2) is 8.42 Å². The van der Waals surface area contributed by atoms with Crippen LogP contribution in [0.5, 0.6) is 0 Å². The molecule has 7 heteroatoms. The van der Waals surface area contributed by atoms with Crippen LogP contribution in [0.1, 0.15) is 43.7 Å². The van der Waals surface area contributed by atoms with E-state index in [4.69, 9.17) is 10.7 Å². The van der Waals surface area contributed by atoms with E-state index in [1.54, 1.807) is 4.57 Å². The lowest BCUT2D eigenvalue weighted by atomic mass is 10.0. The molecule has 0 spiro atoms. The summed E-state index contributed by atoms with van der Waals surface area (Å²) in [6.45, 7) is 9.72. The minimum absolute atomic E-state index is 0.0719. The van der Waals surface area contributed by atoms with Gasteiger partial charge in [-0.2, -0.15) is 0 Å². The third kappa shape index (κ3) is 3.78. The molecule has 2 aromatic rings. The summed E-state index contributed by atoms with van der Waals surface area (Å²) >= 11 is 0. The molecule has 1 aliphatic carbocycles. The molecule has 0 radical (unpaired) electrons. The van der Waals surface area contributed by atoms with Crippen molar-refractivity contribution in [2.24, 2.45) is 16.7 Å². The summed E-state index contributed by atoms with van der Waals surface area (Å²) in [5, 5.41) is 2.97. The van der Waals surface area contributed by atoms with Crippen LogP contribution in [0.2, 0.25) is 0 Å². The first kappa shape index (κ1) is 20.0. The zero-order valence-electron chi connectivity index (χ0n) is 16.0. The summed E-state index contributed by atoms with van der Waals surface area (Å²) < 4.78 is 25.1. The van der Waals surface area contributed by atoms with Gasteiger partial charge in [0.05, 0.1) is 0 Å². The number of hydrogen-bond donors (Lipinski definition) is 1. The fourth-order valence-electron chi connectivity index (χ4n) is 3.85. The van der Waals surface area contributed by atoms with Crippen molar-refractivity contribution in [1.82, 2.24) is 9.88 Å². The third-order valence-corrected chi connectivity index (χ3v) is 7.69. The lowest BCUT2D eigenvalue weighted by molar-refractivity contribution is 0.0941. The Kier molecular flexibility index (Phi) is 4.93. The number of carbonyl (C=O) groups excluding carboxylic acids is 1. The molecule has 1 aromatic heterocycles. The van der Waals surface area contributed by atoms with Crippen LogP contribution in [0.4, 0.5) is 0 Å². The maximum absolute atomic E-state index is 12.8. The van der Waals surface area contributed by atoms with Crippen molar-refractivity contribution in [3.8, 4) is 0 Å². The number of nitrogens with zero attached hydrogens (tertiary/aromatic N) is 1. The Morgan fingerprint density at radius 2 is 1.74 bits per heavy atom. The van der Waals surface area contributed by atoms with Crippen LogP contribution >= 0.6 is 10.7 Å². The average molecular weight is 409 g/mol. The van der Waals surface area contributed by atoms with Gasteiger partial charge in [-0.1, -0.05) is 58.0 Å². The topological polar surface area (TPSA) is 68.2 Å². The smallest absolute Gasteiger partial charge is 0.267 e. The lowest BCUT2D eigenvalue weighted by Gasteiger charge is -2.10. The number of aromatic nitrogens is 1. The highest BCUT2D eigenvalue weighted by Crippen LogP contribution is 2.67. The molecule has 0 saturated heterocycles. The quantitative estimate of drug-likeness (QED) is 0.737. The number of nitrogens with one attached hydrogen (secondary N) is 1. The van der Waals surface area contributed by atoms with Crippen LogP contribution in [-0.4, -0.2) is 25.4 Å². The Morgan fingerprint density at radius 3 is 2.26 bits per heavy atom. The van der Waals surface area contributed by atoms with Crippen LogP contribution in [0.15, 0.2) is 47.5 Å². The average Bonchev–Trinajstić information content (AvgIpc) is 2.89. The second-order valence-electron chi connectivity index (χ2n) is 8.32. The van der Waals surface area contributed by atoms with E-state index in [9.17, 15) is 13.2 Å². The largest absolute Gasteiger partial charge is 0.350 e. The molecule has 5 nitrogen and oxygen atoms in total. The van der Waals surface area contributed by atoms with Crippen molar-refractivity contribution in [2.75, 3.05) is 6.54 Å². The molecule has 3 rings (SSSR count). The van der Waals surface area contributed by atoms with E-state index in [0.29, 0.717) is 19.0 Å². The van der Waals surface area contributed by atoms with E-state index in [1.165, 1.54) is 12.3 Å². The van der Waals surface area contributed by atoms with Crippen molar-refractivity contribution in [3.05, 3.63) is 53.9 Å². The number of hydrogen-bond acceptors (Lipinski definition) is 3. The highest BCUT2D eigenvalue weighted by molar-refractivity contribution is 8.13. The summed E-state index contributed by atoms with van der Waals surface area (Å²) in [5.74, 6) is 0.0821. The van der Waals surface area contributed by atoms with E-state index in [-0.39, 0.29) is 27.3 Å². The second-order valence-corrected chi connectivity index (χ2v) is 10.9. The molecule has 0 atom stereocenters. The van der Waals surface area contributed by atoms with Gasteiger partial charge in [-0.05, 0) is 28.4 Å². The number of benzene rings is 1. The van der Waals surface area contributed by atoms with Gasteiger partial charge in [-0.3, -0.25) is 4.79 Å². The Labute approximate surface area is 165 Å². The van der Waals surface area contributed by atoms with Gasteiger partial charge in [0.1, 0.15) is 10.6 Å². The molecule has 0 unspecified atom stereocenters. The highest BCUT2D eigenvalue weighted by Gasteiger charge is 2.64. The maximum Gasteiger partial charge on any atom is 0.267 e. The van der Waals surface area contributed by atoms with Crippen LogP contribution in [0.25, 0.3) is 0 Å². The molecule has 0 aliphatic heterocycles. The van der Waals surface area contributed by atoms with Crippen molar-refractivity contribution < 1.29 is 13.2 Å². The monoisotopic (exact) mass is 408 g/mol. The van der Waals surface area contributed by atoms with Crippen molar-refractivity contribution in [3.63, 3.8) is 0 Å². The van der Waals surface area contributed by atoms with Gasteiger partial charge in [-0.15, -0.1) is 0 Å². The van der Waals surface area contributed by atoms with Gasteiger partial charge in [0.15, 0.2) is 0 Å². The molecule has 1 N–H and O–H groups in total. The predicted octanol–water partition coefficient (Wildman–Crippen LogP) is 3.88. The predicted molar refractivity (Wildman–Crippen MR) is 106 cm³/mol. The third-order valence-electron chi connectivity index (χ3n) is 6.37. The van der Waals surface area contributed by atoms with E-state index in [1.807, 2.05) is 30.3 Å². The molecule has 1 amide bonds. The van der Waals surface area contributed by atoms with E-state index in [2.05, 4.69) is 33.0 Å². The van der Waals surface area contributed by atoms with E-state index in [0.717, 1.165) is 5.56 Å². The Bertz CT molecular complexity index is 948. The summed E-state index contributed by atoms with van der Waals surface area (Å²) in [6.07, 6.45) is 1.41. The molecule has 1 heterocycles. The number of amides is 1. The molecule has 27 heavy (non-hydrogen) atoms. The molecule has 1 saturated carbocycles. The summed E-state index contributed by atoms with van der Waals surface area (Å²) in [5.41, 5.74) is 1.58. The minimum Gasteiger partial charge on any atom is -0.350 e. The van der Waals surface area contributed by atoms with E-state index >= 15 is 0 Å². The molecular weight excluding hydrogens is 384 g/mol. The Balaban J connectivity index is 1.82. The zero-order valence-corrected chi connectivity index (χ0v) is 17.6. The summed E-state index contributed by atoms with van der Waals surface area (Å²) in [7, 11) is 1.58. The number of carbonyl (C=O) groups is 1. The molecule has 1 aromatic carbocycles.